The fraction of sp³-hybridized carbons (Fsp3) is 0.632. The molecule has 0 N–H and O–H groups in total. The highest BCUT2D eigenvalue weighted by Gasteiger charge is 2.30. The molecule has 2 aromatic heterocycles. The van der Waals surface area contributed by atoms with Crippen molar-refractivity contribution in [1.29, 1.82) is 0 Å². The molecule has 7 heteroatoms. The Bertz CT molecular complexity index is 719. The van der Waals surface area contributed by atoms with Crippen LogP contribution in [0.2, 0.25) is 0 Å². The summed E-state index contributed by atoms with van der Waals surface area (Å²) in [6, 6.07) is 0. The third-order valence-electron chi connectivity index (χ3n) is 5.11. The van der Waals surface area contributed by atoms with E-state index in [9.17, 15) is 4.79 Å². The first-order valence-corrected chi connectivity index (χ1v) is 9.53. The second-order valence-corrected chi connectivity index (χ2v) is 6.59. The van der Waals surface area contributed by atoms with Crippen LogP contribution < -0.4 is 0 Å². The van der Waals surface area contributed by atoms with Crippen molar-refractivity contribution >= 4 is 5.91 Å². The molecule has 2 aromatic rings. The maximum atomic E-state index is 12.8. The first kappa shape index (κ1) is 18.6. The van der Waals surface area contributed by atoms with Gasteiger partial charge in [-0.2, -0.15) is 5.10 Å². The number of oxazole rings is 1. The van der Waals surface area contributed by atoms with E-state index in [-0.39, 0.29) is 11.8 Å². The molecule has 7 nitrogen and oxygen atoms in total. The van der Waals surface area contributed by atoms with Crippen LogP contribution in [0.4, 0.5) is 0 Å². The number of amides is 1. The van der Waals surface area contributed by atoms with Gasteiger partial charge < -0.3 is 14.1 Å². The fourth-order valence-corrected chi connectivity index (χ4v) is 3.59. The zero-order valence-corrected chi connectivity index (χ0v) is 15.9. The third-order valence-corrected chi connectivity index (χ3v) is 5.11. The molecule has 0 aromatic carbocycles. The van der Waals surface area contributed by atoms with Gasteiger partial charge in [0.05, 0.1) is 13.2 Å². The summed E-state index contributed by atoms with van der Waals surface area (Å²) in [5, 5.41) is 4.76. The van der Waals surface area contributed by atoms with E-state index in [1.807, 2.05) is 16.5 Å². The van der Waals surface area contributed by atoms with Gasteiger partial charge in [0.15, 0.2) is 6.39 Å². The minimum Gasteiger partial charge on any atom is -0.451 e. The zero-order chi connectivity index (χ0) is 18.5. The number of hydrogen-bond donors (Lipinski definition) is 0. The van der Waals surface area contributed by atoms with Gasteiger partial charge in [-0.3, -0.25) is 9.48 Å². The molecule has 1 aliphatic rings. The lowest BCUT2D eigenvalue weighted by Crippen LogP contribution is -2.40. The summed E-state index contributed by atoms with van der Waals surface area (Å²) >= 11 is 0. The van der Waals surface area contributed by atoms with Gasteiger partial charge in [0, 0.05) is 43.3 Å². The standard InChI is InChI=1S/C19H28N4O3/c1-4-14(5-2)19(24)22-8-7-17-15(11-22)18(16-12-26-13-20-16)21-23(17)9-10-25-6-3/h12-14H,4-11H2,1-3H3. The number of hydrogen-bond acceptors (Lipinski definition) is 5. The van der Waals surface area contributed by atoms with Crippen molar-refractivity contribution in [2.45, 2.75) is 53.1 Å². The summed E-state index contributed by atoms with van der Waals surface area (Å²) in [5.74, 6) is 0.342. The summed E-state index contributed by atoms with van der Waals surface area (Å²) in [6.45, 7) is 9.48. The molecule has 0 atom stereocenters. The number of ether oxygens (including phenoxy) is 1. The summed E-state index contributed by atoms with van der Waals surface area (Å²) in [4.78, 5) is 19.1. The van der Waals surface area contributed by atoms with E-state index in [2.05, 4.69) is 18.8 Å². The molecule has 0 saturated carbocycles. The quantitative estimate of drug-likeness (QED) is 0.677. The van der Waals surface area contributed by atoms with Gasteiger partial charge >= 0.3 is 0 Å². The lowest BCUT2D eigenvalue weighted by atomic mass is 9.98. The first-order chi connectivity index (χ1) is 12.7. The van der Waals surface area contributed by atoms with Crippen LogP contribution >= 0.6 is 0 Å². The lowest BCUT2D eigenvalue weighted by Gasteiger charge is -2.30. The van der Waals surface area contributed by atoms with Gasteiger partial charge in [0.1, 0.15) is 17.7 Å². The van der Waals surface area contributed by atoms with Crippen molar-refractivity contribution in [3.63, 3.8) is 0 Å². The molecule has 0 unspecified atom stereocenters. The Morgan fingerprint density at radius 2 is 2.15 bits per heavy atom. The SMILES string of the molecule is CCOCCn1nc(-c2cocn2)c2c1CCN(C(=O)C(CC)CC)C2. The topological polar surface area (TPSA) is 73.4 Å². The van der Waals surface area contributed by atoms with E-state index < -0.39 is 0 Å². The maximum absolute atomic E-state index is 12.8. The molecular weight excluding hydrogens is 332 g/mol. The van der Waals surface area contributed by atoms with E-state index in [0.717, 1.165) is 37.1 Å². The van der Waals surface area contributed by atoms with E-state index in [0.29, 0.717) is 32.0 Å². The number of aromatic nitrogens is 3. The fourth-order valence-electron chi connectivity index (χ4n) is 3.59. The molecule has 0 saturated heterocycles. The van der Waals surface area contributed by atoms with E-state index in [1.165, 1.54) is 12.1 Å². The first-order valence-electron chi connectivity index (χ1n) is 9.53. The van der Waals surface area contributed by atoms with Crippen molar-refractivity contribution < 1.29 is 13.9 Å². The van der Waals surface area contributed by atoms with Gasteiger partial charge in [-0.05, 0) is 19.8 Å². The normalized spacial score (nSPS) is 14.1. The largest absolute Gasteiger partial charge is 0.451 e. The summed E-state index contributed by atoms with van der Waals surface area (Å²) in [7, 11) is 0. The van der Waals surface area contributed by atoms with Crippen LogP contribution in [0.5, 0.6) is 0 Å². The smallest absolute Gasteiger partial charge is 0.225 e. The van der Waals surface area contributed by atoms with E-state index >= 15 is 0 Å². The minimum atomic E-state index is 0.0973. The van der Waals surface area contributed by atoms with Gasteiger partial charge in [0.2, 0.25) is 5.91 Å². The average molecular weight is 360 g/mol. The van der Waals surface area contributed by atoms with Crippen molar-refractivity contribution in [3.05, 3.63) is 23.9 Å². The molecule has 26 heavy (non-hydrogen) atoms. The van der Waals surface area contributed by atoms with Crippen LogP contribution in [0, 0.1) is 5.92 Å². The molecule has 1 aliphatic heterocycles. The summed E-state index contributed by atoms with van der Waals surface area (Å²) in [6.07, 6.45) is 5.58. The Balaban J connectivity index is 1.88. The molecule has 0 fully saturated rings. The van der Waals surface area contributed by atoms with Crippen molar-refractivity contribution in [2.24, 2.45) is 5.92 Å². The molecule has 0 bridgehead atoms. The Kier molecular flexibility index (Phi) is 6.08. The Morgan fingerprint density at radius 3 is 2.81 bits per heavy atom. The molecule has 0 spiro atoms. The van der Waals surface area contributed by atoms with Gasteiger partial charge in [0.25, 0.3) is 0 Å². The number of nitrogens with zero attached hydrogens (tertiary/aromatic N) is 4. The van der Waals surface area contributed by atoms with Gasteiger partial charge in [-0.15, -0.1) is 0 Å². The molecule has 1 amide bonds. The minimum absolute atomic E-state index is 0.0973. The van der Waals surface area contributed by atoms with E-state index in [1.54, 1.807) is 6.26 Å². The van der Waals surface area contributed by atoms with Crippen LogP contribution in [0.15, 0.2) is 17.1 Å². The number of carbonyl (C=O) groups is 1. The second-order valence-electron chi connectivity index (χ2n) is 6.59. The van der Waals surface area contributed by atoms with Crippen molar-refractivity contribution in [3.8, 4) is 11.4 Å². The number of carbonyl (C=O) groups excluding carboxylic acids is 1. The Morgan fingerprint density at radius 1 is 1.35 bits per heavy atom. The third kappa shape index (κ3) is 3.67. The van der Waals surface area contributed by atoms with Crippen LogP contribution in [0.1, 0.15) is 44.9 Å². The summed E-state index contributed by atoms with van der Waals surface area (Å²) < 4.78 is 12.6. The number of fused-ring (bicyclic) bond motifs is 1. The molecule has 3 heterocycles. The Labute approximate surface area is 154 Å². The lowest BCUT2D eigenvalue weighted by molar-refractivity contribution is -0.136. The molecule has 142 valence electrons. The van der Waals surface area contributed by atoms with Crippen molar-refractivity contribution in [2.75, 3.05) is 19.8 Å². The van der Waals surface area contributed by atoms with Gasteiger partial charge in [-0.25, -0.2) is 4.98 Å². The molecule has 0 aliphatic carbocycles. The zero-order valence-electron chi connectivity index (χ0n) is 15.9. The predicted octanol–water partition coefficient (Wildman–Crippen LogP) is 2.90. The summed E-state index contributed by atoms with van der Waals surface area (Å²) in [5.41, 5.74) is 3.79. The highest BCUT2D eigenvalue weighted by molar-refractivity contribution is 5.79. The van der Waals surface area contributed by atoms with Crippen molar-refractivity contribution in [1.82, 2.24) is 19.7 Å². The predicted molar refractivity (Wildman–Crippen MR) is 97.4 cm³/mol. The molecule has 0 radical (unpaired) electrons. The van der Waals surface area contributed by atoms with Crippen LogP contribution in [0.3, 0.4) is 0 Å². The maximum Gasteiger partial charge on any atom is 0.225 e. The number of rotatable bonds is 8. The Hall–Kier alpha value is -2.15. The highest BCUT2D eigenvalue weighted by Crippen LogP contribution is 2.30. The highest BCUT2D eigenvalue weighted by atomic mass is 16.5. The molecular formula is C19H28N4O3. The average Bonchev–Trinajstić information content (AvgIpc) is 3.30. The second kappa shape index (κ2) is 8.49. The van der Waals surface area contributed by atoms with E-state index in [4.69, 9.17) is 14.3 Å². The van der Waals surface area contributed by atoms with Crippen LogP contribution in [-0.2, 0) is 29.0 Å². The van der Waals surface area contributed by atoms with Crippen LogP contribution in [-0.4, -0.2) is 45.3 Å². The monoisotopic (exact) mass is 360 g/mol. The van der Waals surface area contributed by atoms with Crippen LogP contribution in [0.25, 0.3) is 11.4 Å². The van der Waals surface area contributed by atoms with Gasteiger partial charge in [-0.1, -0.05) is 13.8 Å². The molecule has 3 rings (SSSR count).